The van der Waals surface area contributed by atoms with Crippen LogP contribution < -0.4 is 15.8 Å². The van der Waals surface area contributed by atoms with Crippen LogP contribution >= 0.6 is 23.7 Å². The molecule has 1 aromatic carbocycles. The monoisotopic (exact) mass is 415 g/mol. The van der Waals surface area contributed by atoms with Crippen molar-refractivity contribution in [3.63, 3.8) is 0 Å². The van der Waals surface area contributed by atoms with E-state index in [1.165, 1.54) is 0 Å². The molecule has 3 rings (SSSR count). The van der Waals surface area contributed by atoms with Crippen molar-refractivity contribution in [1.82, 2.24) is 5.32 Å². The average molecular weight is 416 g/mol. The average Bonchev–Trinajstić information content (AvgIpc) is 3.27. The first-order valence-corrected chi connectivity index (χ1v) is 10.5. The van der Waals surface area contributed by atoms with E-state index in [2.05, 4.69) is 10.0 Å². The molecule has 0 bridgehead atoms. The Morgan fingerprint density at radius 3 is 2.50 bits per heavy atom. The molecule has 1 atom stereocenters. The first kappa shape index (κ1) is 20.7. The molecule has 1 fully saturated rings. The van der Waals surface area contributed by atoms with Crippen LogP contribution in [0, 0.1) is 5.92 Å². The lowest BCUT2D eigenvalue weighted by molar-refractivity contribution is -0.120. The Balaban J connectivity index is 0.00000243. The molecule has 0 aliphatic heterocycles. The molecule has 1 saturated carbocycles. The molecule has 0 radical (unpaired) electrons. The summed E-state index contributed by atoms with van der Waals surface area (Å²) in [7, 11) is -3.55. The summed E-state index contributed by atoms with van der Waals surface area (Å²) in [6, 6.07) is 10.1. The third-order valence-electron chi connectivity index (χ3n) is 4.09. The second-order valence-corrected chi connectivity index (χ2v) is 9.07. The molecule has 1 aromatic heterocycles. The number of nitrogens with one attached hydrogen (secondary N) is 2. The van der Waals surface area contributed by atoms with Crippen LogP contribution in [-0.2, 0) is 21.2 Å². The normalized spacial score (nSPS) is 15.0. The molecule has 6 nitrogen and oxygen atoms in total. The van der Waals surface area contributed by atoms with E-state index >= 15 is 0 Å². The van der Waals surface area contributed by atoms with E-state index in [-0.39, 0.29) is 35.0 Å². The molecule has 1 amide bonds. The lowest BCUT2D eigenvalue weighted by Gasteiger charge is -2.12. The first-order chi connectivity index (χ1) is 11.9. The van der Waals surface area contributed by atoms with Crippen LogP contribution in [0.1, 0.15) is 18.4 Å². The summed E-state index contributed by atoms with van der Waals surface area (Å²) in [5.74, 6) is 0.471. The standard InChI is InChI=1S/C17H21N3O3S2.ClH/c18-15(13-5-6-13)11-19-16(21)10-12-3-7-14(8-4-12)20-25(22,23)17-2-1-9-24-17;/h1-4,7-9,13,15,20H,5-6,10-11,18H2,(H,19,21);1H. The van der Waals surface area contributed by atoms with Gasteiger partial charge in [0.25, 0.3) is 10.0 Å². The van der Waals surface area contributed by atoms with Gasteiger partial charge < -0.3 is 11.1 Å². The summed E-state index contributed by atoms with van der Waals surface area (Å²) < 4.78 is 27.1. The van der Waals surface area contributed by atoms with Crippen molar-refractivity contribution in [2.45, 2.75) is 29.5 Å². The predicted octanol–water partition coefficient (Wildman–Crippen LogP) is 2.37. The number of carbonyl (C=O) groups is 1. The zero-order valence-electron chi connectivity index (χ0n) is 14.1. The Morgan fingerprint density at radius 1 is 1.23 bits per heavy atom. The zero-order chi connectivity index (χ0) is 17.9. The van der Waals surface area contributed by atoms with Crippen molar-refractivity contribution < 1.29 is 13.2 Å². The van der Waals surface area contributed by atoms with Crippen LogP contribution in [0.15, 0.2) is 46.0 Å². The second kappa shape index (κ2) is 8.85. The highest BCUT2D eigenvalue weighted by molar-refractivity contribution is 7.94. The van der Waals surface area contributed by atoms with Gasteiger partial charge in [-0.25, -0.2) is 8.42 Å². The number of rotatable bonds is 8. The quantitative estimate of drug-likeness (QED) is 0.616. The smallest absolute Gasteiger partial charge is 0.271 e. The lowest BCUT2D eigenvalue weighted by Crippen LogP contribution is -2.39. The van der Waals surface area contributed by atoms with Crippen molar-refractivity contribution in [3.8, 4) is 0 Å². The molecular formula is C17H22ClN3O3S2. The van der Waals surface area contributed by atoms with Gasteiger partial charge >= 0.3 is 0 Å². The lowest BCUT2D eigenvalue weighted by atomic mass is 10.1. The number of benzene rings is 1. The highest BCUT2D eigenvalue weighted by atomic mass is 35.5. The minimum Gasteiger partial charge on any atom is -0.354 e. The summed E-state index contributed by atoms with van der Waals surface area (Å²) in [5, 5.41) is 4.56. The van der Waals surface area contributed by atoms with Gasteiger partial charge in [-0.1, -0.05) is 18.2 Å². The number of halogens is 1. The fourth-order valence-corrected chi connectivity index (χ4v) is 4.53. The number of anilines is 1. The molecule has 0 spiro atoms. The van der Waals surface area contributed by atoms with Gasteiger partial charge in [-0.2, -0.15) is 0 Å². The minimum atomic E-state index is -3.55. The van der Waals surface area contributed by atoms with E-state index in [9.17, 15) is 13.2 Å². The van der Waals surface area contributed by atoms with E-state index < -0.39 is 10.0 Å². The number of amides is 1. The Bertz CT molecular complexity index is 819. The minimum absolute atomic E-state index is 0. The molecule has 26 heavy (non-hydrogen) atoms. The Hall–Kier alpha value is -1.61. The molecule has 9 heteroatoms. The van der Waals surface area contributed by atoms with Gasteiger partial charge in [-0.15, -0.1) is 23.7 Å². The molecule has 1 unspecified atom stereocenters. The van der Waals surface area contributed by atoms with Crippen molar-refractivity contribution in [3.05, 3.63) is 47.3 Å². The Labute approximate surface area is 163 Å². The van der Waals surface area contributed by atoms with Crippen molar-refractivity contribution in [2.24, 2.45) is 11.7 Å². The summed E-state index contributed by atoms with van der Waals surface area (Å²) in [6.45, 7) is 0.502. The maximum Gasteiger partial charge on any atom is 0.271 e. The second-order valence-electron chi connectivity index (χ2n) is 6.22. The Morgan fingerprint density at radius 2 is 1.92 bits per heavy atom. The number of nitrogens with two attached hydrogens (primary N) is 1. The molecule has 1 aliphatic rings. The summed E-state index contributed by atoms with van der Waals surface area (Å²) in [5.41, 5.74) is 7.24. The van der Waals surface area contributed by atoms with Crippen LogP contribution in [-0.4, -0.2) is 26.9 Å². The van der Waals surface area contributed by atoms with E-state index in [1.54, 1.807) is 41.8 Å². The number of thiophene rings is 1. The molecule has 1 heterocycles. The first-order valence-electron chi connectivity index (χ1n) is 8.11. The van der Waals surface area contributed by atoms with E-state index in [4.69, 9.17) is 5.73 Å². The number of sulfonamides is 1. The van der Waals surface area contributed by atoms with Crippen LogP contribution in [0.5, 0.6) is 0 Å². The van der Waals surface area contributed by atoms with Crippen LogP contribution in [0.3, 0.4) is 0 Å². The van der Waals surface area contributed by atoms with Gasteiger partial charge in [0.15, 0.2) is 0 Å². The number of hydrogen-bond acceptors (Lipinski definition) is 5. The zero-order valence-corrected chi connectivity index (χ0v) is 16.5. The molecule has 142 valence electrons. The Kier molecular flexibility index (Phi) is 7.05. The van der Waals surface area contributed by atoms with Gasteiger partial charge in [0, 0.05) is 18.3 Å². The third kappa shape index (κ3) is 5.70. The fraction of sp³-hybridized carbons (Fsp3) is 0.353. The van der Waals surface area contributed by atoms with Crippen LogP contribution in [0.2, 0.25) is 0 Å². The molecule has 1 aliphatic carbocycles. The highest BCUT2D eigenvalue weighted by Crippen LogP contribution is 2.31. The molecular weight excluding hydrogens is 394 g/mol. The van der Waals surface area contributed by atoms with E-state index in [0.717, 1.165) is 29.7 Å². The van der Waals surface area contributed by atoms with Gasteiger partial charge in [0.1, 0.15) is 4.21 Å². The number of hydrogen-bond donors (Lipinski definition) is 3. The fourth-order valence-electron chi connectivity index (χ4n) is 2.48. The maximum atomic E-state index is 12.2. The van der Waals surface area contributed by atoms with Crippen LogP contribution in [0.4, 0.5) is 5.69 Å². The van der Waals surface area contributed by atoms with Gasteiger partial charge in [0.2, 0.25) is 5.91 Å². The predicted molar refractivity (Wildman–Crippen MR) is 106 cm³/mol. The highest BCUT2D eigenvalue weighted by Gasteiger charge is 2.28. The maximum absolute atomic E-state index is 12.2. The largest absolute Gasteiger partial charge is 0.354 e. The summed E-state index contributed by atoms with van der Waals surface area (Å²) >= 11 is 1.16. The van der Waals surface area contributed by atoms with E-state index in [0.29, 0.717) is 18.2 Å². The van der Waals surface area contributed by atoms with Crippen LogP contribution in [0.25, 0.3) is 0 Å². The van der Waals surface area contributed by atoms with Crippen molar-refractivity contribution in [1.29, 1.82) is 0 Å². The van der Waals surface area contributed by atoms with Gasteiger partial charge in [0.05, 0.1) is 6.42 Å². The van der Waals surface area contributed by atoms with Gasteiger partial charge in [-0.3, -0.25) is 9.52 Å². The summed E-state index contributed by atoms with van der Waals surface area (Å²) in [4.78, 5) is 12.0. The number of carbonyl (C=O) groups excluding carboxylic acids is 1. The molecule has 4 N–H and O–H groups in total. The van der Waals surface area contributed by atoms with Gasteiger partial charge in [-0.05, 0) is 47.9 Å². The topological polar surface area (TPSA) is 101 Å². The summed E-state index contributed by atoms with van der Waals surface area (Å²) in [6.07, 6.45) is 2.55. The SMILES string of the molecule is Cl.NC(CNC(=O)Cc1ccc(NS(=O)(=O)c2cccs2)cc1)C1CC1. The molecule has 0 saturated heterocycles. The third-order valence-corrected chi connectivity index (χ3v) is 6.87. The van der Waals surface area contributed by atoms with Crippen molar-refractivity contribution >= 4 is 45.4 Å². The molecule has 2 aromatic rings. The van der Waals surface area contributed by atoms with Crippen molar-refractivity contribution in [2.75, 3.05) is 11.3 Å². The van der Waals surface area contributed by atoms with E-state index in [1.807, 2.05) is 0 Å².